The number of aromatic nitrogens is 1. The fraction of sp³-hybridized carbons (Fsp3) is 0.435. The number of rotatable bonds is 6. The number of pyridine rings is 1. The standard InChI is InChI=1S/C23H24F5N3O4/c1-10(2)34-18-13(5-6-14(24)17(18)25)16-11(3)22(4,23(26,27)28)35-19(16)21(33)31-12-7-8-30-15(9-12)20(29)32/h5-11,16,19H,1-4H3,(H2,29,32)(H,30,31,33)/t11-,16+,19-,22-/m0/s1. The first-order valence-corrected chi connectivity index (χ1v) is 10.6. The van der Waals surface area contributed by atoms with Gasteiger partial charge in [-0.3, -0.25) is 14.6 Å². The fourth-order valence-electron chi connectivity index (χ4n) is 4.04. The van der Waals surface area contributed by atoms with Gasteiger partial charge in [-0.1, -0.05) is 13.0 Å². The summed E-state index contributed by atoms with van der Waals surface area (Å²) in [5.41, 5.74) is 2.07. The van der Waals surface area contributed by atoms with E-state index in [4.69, 9.17) is 15.2 Å². The maximum absolute atomic E-state index is 14.7. The fourth-order valence-corrected chi connectivity index (χ4v) is 4.04. The Balaban J connectivity index is 2.10. The van der Waals surface area contributed by atoms with Crippen molar-refractivity contribution in [1.29, 1.82) is 0 Å². The molecule has 2 aromatic rings. The van der Waals surface area contributed by atoms with E-state index in [0.29, 0.717) is 0 Å². The Hall–Kier alpha value is -3.28. The summed E-state index contributed by atoms with van der Waals surface area (Å²) >= 11 is 0. The molecule has 4 atom stereocenters. The second kappa shape index (κ2) is 9.40. The average molecular weight is 501 g/mol. The van der Waals surface area contributed by atoms with E-state index in [0.717, 1.165) is 25.1 Å². The van der Waals surface area contributed by atoms with Gasteiger partial charge in [-0.05, 0) is 39.0 Å². The second-order valence-corrected chi connectivity index (χ2v) is 8.69. The molecule has 2 heterocycles. The van der Waals surface area contributed by atoms with E-state index < -0.39 is 65.0 Å². The van der Waals surface area contributed by atoms with Crippen molar-refractivity contribution in [1.82, 2.24) is 4.98 Å². The lowest BCUT2D eigenvalue weighted by atomic mass is 9.77. The summed E-state index contributed by atoms with van der Waals surface area (Å²) in [6.45, 7) is 5.07. The second-order valence-electron chi connectivity index (χ2n) is 8.69. The zero-order valence-electron chi connectivity index (χ0n) is 19.2. The normalized spacial score (nSPS) is 24.5. The first-order chi connectivity index (χ1) is 16.2. The largest absolute Gasteiger partial charge is 0.488 e. The molecule has 12 heteroatoms. The Morgan fingerprint density at radius 3 is 2.46 bits per heavy atom. The number of hydrogen-bond donors (Lipinski definition) is 2. The molecule has 1 saturated heterocycles. The first-order valence-electron chi connectivity index (χ1n) is 10.6. The smallest absolute Gasteiger partial charge is 0.417 e. The molecule has 190 valence electrons. The van der Waals surface area contributed by atoms with Crippen LogP contribution < -0.4 is 15.8 Å². The molecule has 3 rings (SSSR count). The third kappa shape index (κ3) is 4.93. The molecular formula is C23H24F5N3O4. The van der Waals surface area contributed by atoms with Gasteiger partial charge in [-0.25, -0.2) is 4.39 Å². The van der Waals surface area contributed by atoms with Crippen molar-refractivity contribution >= 4 is 17.5 Å². The van der Waals surface area contributed by atoms with Gasteiger partial charge in [0.2, 0.25) is 5.82 Å². The number of hydrogen-bond acceptors (Lipinski definition) is 5. The summed E-state index contributed by atoms with van der Waals surface area (Å²) in [7, 11) is 0. The summed E-state index contributed by atoms with van der Waals surface area (Å²) in [5.74, 6) is -7.90. The van der Waals surface area contributed by atoms with Gasteiger partial charge >= 0.3 is 6.18 Å². The van der Waals surface area contributed by atoms with E-state index in [1.54, 1.807) is 0 Å². The number of primary amides is 1. The predicted molar refractivity (Wildman–Crippen MR) is 115 cm³/mol. The number of nitrogens with zero attached hydrogens (tertiary/aromatic N) is 1. The number of nitrogens with one attached hydrogen (secondary N) is 1. The average Bonchev–Trinajstić information content (AvgIpc) is 3.04. The number of halogens is 5. The van der Waals surface area contributed by atoms with Crippen LogP contribution in [0.1, 0.15) is 49.7 Å². The number of ether oxygens (including phenoxy) is 2. The van der Waals surface area contributed by atoms with Crippen molar-refractivity contribution in [3.63, 3.8) is 0 Å². The third-order valence-corrected chi connectivity index (χ3v) is 6.00. The van der Waals surface area contributed by atoms with Crippen molar-refractivity contribution in [3.05, 3.63) is 53.4 Å². The number of benzene rings is 1. The number of carbonyl (C=O) groups excluding carboxylic acids is 2. The lowest BCUT2D eigenvalue weighted by Crippen LogP contribution is -2.47. The van der Waals surface area contributed by atoms with Crippen LogP contribution in [0.5, 0.6) is 5.75 Å². The lowest BCUT2D eigenvalue weighted by Gasteiger charge is -2.32. The van der Waals surface area contributed by atoms with Crippen LogP contribution in [0.4, 0.5) is 27.6 Å². The molecule has 7 nitrogen and oxygen atoms in total. The summed E-state index contributed by atoms with van der Waals surface area (Å²) < 4.78 is 81.6. The van der Waals surface area contributed by atoms with Crippen LogP contribution in [-0.4, -0.2) is 40.8 Å². The number of nitrogens with two attached hydrogens (primary N) is 1. The number of alkyl halides is 3. The molecule has 2 amide bonds. The molecule has 0 saturated carbocycles. The molecule has 3 N–H and O–H groups in total. The number of anilines is 1. The highest BCUT2D eigenvalue weighted by atomic mass is 19.4. The van der Waals surface area contributed by atoms with Gasteiger partial charge in [0.25, 0.3) is 11.8 Å². The highest BCUT2D eigenvalue weighted by Gasteiger charge is 2.66. The van der Waals surface area contributed by atoms with Crippen LogP contribution in [0.15, 0.2) is 30.5 Å². The van der Waals surface area contributed by atoms with Crippen LogP contribution in [0.3, 0.4) is 0 Å². The number of amides is 2. The monoisotopic (exact) mass is 501 g/mol. The highest BCUT2D eigenvalue weighted by molar-refractivity contribution is 5.97. The van der Waals surface area contributed by atoms with Gasteiger partial charge in [0.1, 0.15) is 11.8 Å². The minimum Gasteiger partial charge on any atom is -0.488 e. The molecule has 0 radical (unpaired) electrons. The molecule has 0 unspecified atom stereocenters. The van der Waals surface area contributed by atoms with Crippen LogP contribution in [0, 0.1) is 17.6 Å². The van der Waals surface area contributed by atoms with Gasteiger partial charge in [0, 0.05) is 29.3 Å². The molecule has 35 heavy (non-hydrogen) atoms. The third-order valence-electron chi connectivity index (χ3n) is 6.00. The predicted octanol–water partition coefficient (Wildman–Crippen LogP) is 4.32. The molecule has 1 fully saturated rings. The maximum Gasteiger partial charge on any atom is 0.417 e. The van der Waals surface area contributed by atoms with Crippen molar-refractivity contribution in [2.24, 2.45) is 11.7 Å². The molecule has 0 aliphatic carbocycles. The summed E-state index contributed by atoms with van der Waals surface area (Å²) in [5, 5.41) is 2.39. The maximum atomic E-state index is 14.7. The van der Waals surface area contributed by atoms with E-state index >= 15 is 0 Å². The minimum absolute atomic E-state index is 0.0263. The van der Waals surface area contributed by atoms with E-state index in [-0.39, 0.29) is 16.9 Å². The Morgan fingerprint density at radius 2 is 1.89 bits per heavy atom. The zero-order chi connectivity index (χ0) is 26.3. The zero-order valence-corrected chi connectivity index (χ0v) is 19.2. The molecule has 0 spiro atoms. The van der Waals surface area contributed by atoms with Crippen LogP contribution >= 0.6 is 0 Å². The van der Waals surface area contributed by atoms with Gasteiger partial charge in [0.05, 0.1) is 6.10 Å². The van der Waals surface area contributed by atoms with Crippen LogP contribution in [0.25, 0.3) is 0 Å². The van der Waals surface area contributed by atoms with E-state index in [9.17, 15) is 31.5 Å². The van der Waals surface area contributed by atoms with Gasteiger partial charge in [0.15, 0.2) is 17.2 Å². The number of carbonyl (C=O) groups is 2. The Bertz CT molecular complexity index is 1140. The van der Waals surface area contributed by atoms with Gasteiger partial charge in [-0.15, -0.1) is 0 Å². The van der Waals surface area contributed by atoms with Crippen molar-refractivity contribution in [2.75, 3.05) is 5.32 Å². The van der Waals surface area contributed by atoms with Crippen molar-refractivity contribution in [3.8, 4) is 5.75 Å². The quantitative estimate of drug-likeness (QED) is 0.574. The first kappa shape index (κ1) is 26.3. The van der Waals surface area contributed by atoms with Gasteiger partial charge < -0.3 is 20.5 Å². The molecular weight excluding hydrogens is 477 g/mol. The molecule has 0 bridgehead atoms. The Kier molecular flexibility index (Phi) is 7.07. The summed E-state index contributed by atoms with van der Waals surface area (Å²) in [4.78, 5) is 28.3. The van der Waals surface area contributed by atoms with Crippen LogP contribution in [-0.2, 0) is 9.53 Å². The Labute approximate surface area is 197 Å². The van der Waals surface area contributed by atoms with E-state index in [1.807, 2.05) is 0 Å². The van der Waals surface area contributed by atoms with Gasteiger partial charge in [-0.2, -0.15) is 17.6 Å². The topological polar surface area (TPSA) is 104 Å². The lowest BCUT2D eigenvalue weighted by molar-refractivity contribution is -0.272. The van der Waals surface area contributed by atoms with E-state index in [2.05, 4.69) is 10.3 Å². The molecule has 1 aliphatic rings. The van der Waals surface area contributed by atoms with Crippen LogP contribution in [0.2, 0.25) is 0 Å². The molecule has 1 aromatic heterocycles. The van der Waals surface area contributed by atoms with Crippen molar-refractivity contribution < 1.29 is 41.0 Å². The van der Waals surface area contributed by atoms with Crippen molar-refractivity contribution in [2.45, 2.75) is 57.6 Å². The highest BCUT2D eigenvalue weighted by Crippen LogP contribution is 2.55. The summed E-state index contributed by atoms with van der Waals surface area (Å²) in [6.07, 6.45) is -6.14. The minimum atomic E-state index is -4.90. The Morgan fingerprint density at radius 1 is 1.23 bits per heavy atom. The van der Waals surface area contributed by atoms with E-state index in [1.165, 1.54) is 33.0 Å². The SMILES string of the molecule is CC(C)Oc1c([C@@H]2[C@@H](C(=O)Nc3ccnc(C(N)=O)c3)O[C@](C)(C(F)(F)F)[C@H]2C)ccc(F)c1F. The molecule has 1 aromatic carbocycles. The summed E-state index contributed by atoms with van der Waals surface area (Å²) in [6, 6.07) is 4.28. The molecule has 1 aliphatic heterocycles.